The van der Waals surface area contributed by atoms with Gasteiger partial charge in [-0.2, -0.15) is 5.10 Å². The van der Waals surface area contributed by atoms with E-state index in [2.05, 4.69) is 15.8 Å². The van der Waals surface area contributed by atoms with Gasteiger partial charge in [-0.05, 0) is 18.1 Å². The maximum Gasteiger partial charge on any atom is 0.259 e. The van der Waals surface area contributed by atoms with E-state index >= 15 is 0 Å². The molecule has 0 aliphatic rings. The maximum atomic E-state index is 11.7. The van der Waals surface area contributed by atoms with E-state index in [4.69, 9.17) is 11.6 Å². The summed E-state index contributed by atoms with van der Waals surface area (Å²) in [6, 6.07) is 6.64. The molecule has 1 rings (SSSR count). The molecule has 2 N–H and O–H groups in total. The molecule has 0 heterocycles. The van der Waals surface area contributed by atoms with Gasteiger partial charge in [0.1, 0.15) is 0 Å². The fourth-order valence-corrected chi connectivity index (χ4v) is 1.42. The Morgan fingerprint density at radius 2 is 2.05 bits per heavy atom. The van der Waals surface area contributed by atoms with Gasteiger partial charge in [0, 0.05) is 6.21 Å². The summed E-state index contributed by atoms with van der Waals surface area (Å²) < 4.78 is 0. The Labute approximate surface area is 117 Å². The number of hydrogen-bond donors (Lipinski definition) is 2. The van der Waals surface area contributed by atoms with Crippen molar-refractivity contribution in [2.75, 3.05) is 6.54 Å². The Kier molecular flexibility index (Phi) is 6.02. The van der Waals surface area contributed by atoms with Crippen molar-refractivity contribution in [3.63, 3.8) is 0 Å². The van der Waals surface area contributed by atoms with Crippen molar-refractivity contribution < 1.29 is 9.59 Å². The van der Waals surface area contributed by atoms with Crippen molar-refractivity contribution in [1.29, 1.82) is 0 Å². The maximum absolute atomic E-state index is 11.7. The number of hydrogen-bond acceptors (Lipinski definition) is 3. The molecule has 1 aromatic carbocycles. The van der Waals surface area contributed by atoms with Crippen LogP contribution in [0, 0.1) is 5.92 Å². The average molecular weight is 282 g/mol. The van der Waals surface area contributed by atoms with Crippen LogP contribution in [0.4, 0.5) is 0 Å². The minimum atomic E-state index is -0.395. The number of halogens is 1. The molecule has 102 valence electrons. The molecule has 2 amide bonds. The number of hydrazone groups is 1. The van der Waals surface area contributed by atoms with E-state index in [1.165, 1.54) is 0 Å². The Morgan fingerprint density at radius 1 is 1.37 bits per heavy atom. The lowest BCUT2D eigenvalue weighted by atomic mass is 10.2. The molecule has 6 heteroatoms. The van der Waals surface area contributed by atoms with E-state index in [9.17, 15) is 9.59 Å². The van der Waals surface area contributed by atoms with Crippen molar-refractivity contribution in [2.24, 2.45) is 11.0 Å². The number of benzene rings is 1. The second-order valence-corrected chi connectivity index (χ2v) is 4.63. The van der Waals surface area contributed by atoms with E-state index in [0.717, 1.165) is 0 Å². The van der Waals surface area contributed by atoms with Crippen molar-refractivity contribution in [2.45, 2.75) is 13.8 Å². The fraction of sp³-hybridized carbons (Fsp3) is 0.308. The SMILES string of the molecule is CC(C)/C=N\NC(=O)CNC(=O)c1ccccc1Cl. The van der Waals surface area contributed by atoms with Crippen LogP contribution in [0.15, 0.2) is 29.4 Å². The summed E-state index contributed by atoms with van der Waals surface area (Å²) in [5.74, 6) is -0.538. The van der Waals surface area contributed by atoms with Gasteiger partial charge in [0.05, 0.1) is 17.1 Å². The second-order valence-electron chi connectivity index (χ2n) is 4.22. The Morgan fingerprint density at radius 3 is 2.68 bits per heavy atom. The molecule has 0 bridgehead atoms. The molecule has 0 aliphatic heterocycles. The predicted molar refractivity (Wildman–Crippen MR) is 75.3 cm³/mol. The normalized spacial score (nSPS) is 10.7. The molecule has 0 unspecified atom stereocenters. The van der Waals surface area contributed by atoms with Gasteiger partial charge >= 0.3 is 0 Å². The molecule has 0 saturated heterocycles. The number of nitrogens with zero attached hydrogens (tertiary/aromatic N) is 1. The summed E-state index contributed by atoms with van der Waals surface area (Å²) in [6.45, 7) is 3.73. The molecule has 0 aliphatic carbocycles. The number of carbonyl (C=O) groups excluding carboxylic acids is 2. The van der Waals surface area contributed by atoms with E-state index in [1.54, 1.807) is 30.5 Å². The molecule has 1 aromatic rings. The van der Waals surface area contributed by atoms with Gasteiger partial charge in [0.15, 0.2) is 0 Å². The van der Waals surface area contributed by atoms with E-state index in [-0.39, 0.29) is 12.5 Å². The van der Waals surface area contributed by atoms with E-state index < -0.39 is 11.8 Å². The molecular formula is C13H16ClN3O2. The van der Waals surface area contributed by atoms with Crippen LogP contribution in [0.2, 0.25) is 5.02 Å². The van der Waals surface area contributed by atoms with Crippen LogP contribution in [0.1, 0.15) is 24.2 Å². The van der Waals surface area contributed by atoms with Gasteiger partial charge < -0.3 is 5.32 Å². The molecule has 0 radical (unpaired) electrons. The van der Waals surface area contributed by atoms with Gasteiger partial charge in [-0.15, -0.1) is 0 Å². The molecule has 0 aromatic heterocycles. The zero-order chi connectivity index (χ0) is 14.3. The zero-order valence-electron chi connectivity index (χ0n) is 10.8. The van der Waals surface area contributed by atoms with Gasteiger partial charge in [-0.25, -0.2) is 5.43 Å². The molecule has 0 spiro atoms. The first-order valence-corrected chi connectivity index (χ1v) is 6.23. The molecule has 19 heavy (non-hydrogen) atoms. The van der Waals surface area contributed by atoms with Crippen LogP contribution in [0.25, 0.3) is 0 Å². The van der Waals surface area contributed by atoms with Gasteiger partial charge in [0.2, 0.25) is 0 Å². The van der Waals surface area contributed by atoms with Crippen LogP contribution in [-0.2, 0) is 4.79 Å². The lowest BCUT2D eigenvalue weighted by molar-refractivity contribution is -0.120. The topological polar surface area (TPSA) is 70.6 Å². The number of carbonyl (C=O) groups is 2. The standard InChI is InChI=1S/C13H16ClN3O2/c1-9(2)7-16-17-12(18)8-15-13(19)10-5-3-4-6-11(10)14/h3-7,9H,8H2,1-2H3,(H,15,19)(H,17,18)/b16-7-. The van der Waals surface area contributed by atoms with E-state index in [1.807, 2.05) is 13.8 Å². The van der Waals surface area contributed by atoms with Crippen molar-refractivity contribution in [3.05, 3.63) is 34.9 Å². The largest absolute Gasteiger partial charge is 0.343 e. The predicted octanol–water partition coefficient (Wildman–Crippen LogP) is 1.83. The summed E-state index contributed by atoms with van der Waals surface area (Å²) >= 11 is 5.87. The van der Waals surface area contributed by atoms with Gasteiger partial charge in [0.25, 0.3) is 11.8 Å². The summed E-state index contributed by atoms with van der Waals surface area (Å²) in [6.07, 6.45) is 1.60. The summed E-state index contributed by atoms with van der Waals surface area (Å²) in [7, 11) is 0. The second kappa shape index (κ2) is 7.53. The van der Waals surface area contributed by atoms with Crippen LogP contribution in [0.5, 0.6) is 0 Å². The molecule has 5 nitrogen and oxygen atoms in total. The molecular weight excluding hydrogens is 266 g/mol. The third-order valence-corrected chi connectivity index (χ3v) is 2.42. The minimum absolute atomic E-state index is 0.153. The van der Waals surface area contributed by atoms with Crippen LogP contribution in [-0.4, -0.2) is 24.6 Å². The summed E-state index contributed by atoms with van der Waals surface area (Å²) in [5, 5.41) is 6.55. The highest BCUT2D eigenvalue weighted by molar-refractivity contribution is 6.33. The highest BCUT2D eigenvalue weighted by Gasteiger charge is 2.10. The Balaban J connectivity index is 2.43. The van der Waals surface area contributed by atoms with Crippen molar-refractivity contribution in [1.82, 2.24) is 10.7 Å². The van der Waals surface area contributed by atoms with Gasteiger partial charge in [-0.1, -0.05) is 37.6 Å². The first-order chi connectivity index (χ1) is 9.00. The Bertz CT molecular complexity index is 487. The lowest BCUT2D eigenvalue weighted by Gasteiger charge is -2.05. The quantitative estimate of drug-likeness (QED) is 0.638. The third kappa shape index (κ3) is 5.52. The smallest absolute Gasteiger partial charge is 0.259 e. The zero-order valence-corrected chi connectivity index (χ0v) is 11.6. The molecule has 0 fully saturated rings. The molecule has 0 atom stereocenters. The summed E-state index contributed by atoms with van der Waals surface area (Å²) in [5.41, 5.74) is 2.65. The van der Waals surface area contributed by atoms with E-state index in [0.29, 0.717) is 10.6 Å². The van der Waals surface area contributed by atoms with Crippen LogP contribution >= 0.6 is 11.6 Å². The fourth-order valence-electron chi connectivity index (χ4n) is 1.20. The first-order valence-electron chi connectivity index (χ1n) is 5.85. The highest BCUT2D eigenvalue weighted by Crippen LogP contribution is 2.14. The average Bonchev–Trinajstić information content (AvgIpc) is 2.36. The monoisotopic (exact) mass is 281 g/mol. The Hall–Kier alpha value is -1.88. The van der Waals surface area contributed by atoms with Crippen molar-refractivity contribution in [3.8, 4) is 0 Å². The first kappa shape index (κ1) is 15.2. The number of amides is 2. The van der Waals surface area contributed by atoms with Crippen LogP contribution < -0.4 is 10.7 Å². The third-order valence-electron chi connectivity index (χ3n) is 2.09. The van der Waals surface area contributed by atoms with Gasteiger partial charge in [-0.3, -0.25) is 9.59 Å². The van der Waals surface area contributed by atoms with Crippen molar-refractivity contribution >= 4 is 29.6 Å². The lowest BCUT2D eigenvalue weighted by Crippen LogP contribution is -2.35. The highest BCUT2D eigenvalue weighted by atomic mass is 35.5. The van der Waals surface area contributed by atoms with Crippen LogP contribution in [0.3, 0.4) is 0 Å². The molecule has 0 saturated carbocycles. The summed E-state index contributed by atoms with van der Waals surface area (Å²) in [4.78, 5) is 23.1. The number of rotatable bonds is 5. The number of nitrogens with one attached hydrogen (secondary N) is 2. The minimum Gasteiger partial charge on any atom is -0.343 e.